The number of thioether (sulfide) groups is 1. The maximum absolute atomic E-state index is 12.8. The number of piperazine rings is 1. The van der Waals surface area contributed by atoms with Gasteiger partial charge in [0.25, 0.3) is 5.56 Å². The van der Waals surface area contributed by atoms with E-state index in [1.54, 1.807) is 30.1 Å². The standard InChI is InChI=1S/C22H27N7O2S2/c1-14(13-32-22-23-15-6-4-5-7-16(15)33-22)12-29-17-18(27(3)21(31)25-19(17)30)24-20(29)28-10-8-26(2)9-11-28/h4-7,14H,8-13H2,1-3H3,(H,25,30,31)/t14-/m1/s1. The molecule has 1 aliphatic rings. The van der Waals surface area contributed by atoms with Gasteiger partial charge in [0.1, 0.15) is 0 Å². The summed E-state index contributed by atoms with van der Waals surface area (Å²) in [4.78, 5) is 41.4. The van der Waals surface area contributed by atoms with Gasteiger partial charge in [0, 0.05) is 45.5 Å². The van der Waals surface area contributed by atoms with E-state index in [0.717, 1.165) is 47.7 Å². The molecular weight excluding hydrogens is 458 g/mol. The number of aromatic amines is 1. The molecule has 1 N–H and O–H groups in total. The van der Waals surface area contributed by atoms with E-state index in [9.17, 15) is 9.59 Å². The van der Waals surface area contributed by atoms with Gasteiger partial charge in [-0.15, -0.1) is 11.3 Å². The molecule has 1 atom stereocenters. The van der Waals surface area contributed by atoms with Gasteiger partial charge in [0.2, 0.25) is 5.95 Å². The Labute approximate surface area is 199 Å². The fourth-order valence-corrected chi connectivity index (χ4v) is 6.24. The number of para-hydroxylation sites is 1. The van der Waals surface area contributed by atoms with Crippen LogP contribution < -0.4 is 16.1 Å². The Balaban J connectivity index is 1.44. The molecule has 33 heavy (non-hydrogen) atoms. The molecule has 1 saturated heterocycles. The van der Waals surface area contributed by atoms with E-state index in [2.05, 4.69) is 34.8 Å². The molecule has 0 unspecified atom stereocenters. The Bertz CT molecular complexity index is 1380. The number of aryl methyl sites for hydroxylation is 1. The summed E-state index contributed by atoms with van der Waals surface area (Å²) >= 11 is 3.45. The number of nitrogens with zero attached hydrogens (tertiary/aromatic N) is 6. The second kappa shape index (κ2) is 8.96. The van der Waals surface area contributed by atoms with Crippen molar-refractivity contribution in [3.05, 3.63) is 45.1 Å². The Morgan fingerprint density at radius 2 is 1.88 bits per heavy atom. The highest BCUT2D eigenvalue weighted by atomic mass is 32.2. The highest BCUT2D eigenvalue weighted by molar-refractivity contribution is 8.01. The topological polar surface area (TPSA) is 92.1 Å². The molecule has 0 amide bonds. The van der Waals surface area contributed by atoms with Crippen LogP contribution in [0.15, 0.2) is 38.2 Å². The number of hydrogen-bond acceptors (Lipinski definition) is 8. The van der Waals surface area contributed by atoms with E-state index < -0.39 is 5.69 Å². The molecule has 9 nitrogen and oxygen atoms in total. The fraction of sp³-hybridized carbons (Fsp3) is 0.455. The van der Waals surface area contributed by atoms with Gasteiger partial charge >= 0.3 is 5.69 Å². The smallest absolute Gasteiger partial charge is 0.329 e. The van der Waals surface area contributed by atoms with Crippen LogP contribution in [0.25, 0.3) is 21.4 Å². The number of fused-ring (bicyclic) bond motifs is 2. The van der Waals surface area contributed by atoms with Crippen LogP contribution in [0.2, 0.25) is 0 Å². The van der Waals surface area contributed by atoms with Crippen LogP contribution >= 0.6 is 23.1 Å². The van der Waals surface area contributed by atoms with E-state index >= 15 is 0 Å². The molecule has 1 aliphatic heterocycles. The summed E-state index contributed by atoms with van der Waals surface area (Å²) in [5.74, 6) is 1.90. The number of benzene rings is 1. The van der Waals surface area contributed by atoms with Crippen molar-refractivity contribution in [2.45, 2.75) is 17.8 Å². The summed E-state index contributed by atoms with van der Waals surface area (Å²) in [6, 6.07) is 8.17. The third kappa shape index (κ3) is 4.32. The SMILES string of the molecule is C[C@@H](CSc1nc2ccccc2s1)Cn1c(N2CCN(C)CC2)nc2c1c(=O)[nH]c(=O)n2C. The maximum atomic E-state index is 12.8. The van der Waals surface area contributed by atoms with Crippen LogP contribution in [0, 0.1) is 5.92 Å². The van der Waals surface area contributed by atoms with Crippen LogP contribution in [0.3, 0.4) is 0 Å². The first-order chi connectivity index (χ1) is 15.9. The van der Waals surface area contributed by atoms with Crippen molar-refractivity contribution in [2.24, 2.45) is 13.0 Å². The summed E-state index contributed by atoms with van der Waals surface area (Å²) in [5, 5.41) is 0. The van der Waals surface area contributed by atoms with E-state index in [-0.39, 0.29) is 11.5 Å². The number of imidazole rings is 1. The van der Waals surface area contributed by atoms with Gasteiger partial charge in [0.05, 0.1) is 10.2 Å². The average molecular weight is 486 g/mol. The lowest BCUT2D eigenvalue weighted by molar-refractivity contribution is 0.309. The van der Waals surface area contributed by atoms with Crippen molar-refractivity contribution < 1.29 is 0 Å². The van der Waals surface area contributed by atoms with Crippen LogP contribution in [0.5, 0.6) is 0 Å². The van der Waals surface area contributed by atoms with Crippen molar-refractivity contribution >= 4 is 50.4 Å². The minimum atomic E-state index is -0.443. The van der Waals surface area contributed by atoms with Crippen LogP contribution in [-0.2, 0) is 13.6 Å². The van der Waals surface area contributed by atoms with E-state index in [0.29, 0.717) is 17.7 Å². The Morgan fingerprint density at radius 1 is 1.12 bits per heavy atom. The zero-order valence-electron chi connectivity index (χ0n) is 18.9. The molecule has 0 spiro atoms. The third-order valence-electron chi connectivity index (χ3n) is 6.03. The molecule has 1 fully saturated rings. The first-order valence-electron chi connectivity index (χ1n) is 11.0. The molecule has 1 aromatic carbocycles. The van der Waals surface area contributed by atoms with Crippen molar-refractivity contribution in [1.29, 1.82) is 0 Å². The Hall–Kier alpha value is -2.63. The fourth-order valence-electron chi connectivity index (χ4n) is 4.13. The molecule has 0 saturated carbocycles. The van der Waals surface area contributed by atoms with Gasteiger partial charge in [-0.3, -0.25) is 14.3 Å². The van der Waals surface area contributed by atoms with Crippen LogP contribution in [-0.4, -0.2) is 68.0 Å². The number of likely N-dealkylation sites (N-methyl/N-ethyl adjacent to an activating group) is 1. The van der Waals surface area contributed by atoms with E-state index in [1.807, 2.05) is 22.8 Å². The van der Waals surface area contributed by atoms with Crippen molar-refractivity contribution in [3.63, 3.8) is 0 Å². The normalized spacial score (nSPS) is 16.2. The summed E-state index contributed by atoms with van der Waals surface area (Å²) < 4.78 is 5.67. The number of anilines is 1. The summed E-state index contributed by atoms with van der Waals surface area (Å²) in [6.07, 6.45) is 0. The van der Waals surface area contributed by atoms with Crippen molar-refractivity contribution in [2.75, 3.05) is 43.9 Å². The largest absolute Gasteiger partial charge is 0.340 e. The monoisotopic (exact) mass is 485 g/mol. The van der Waals surface area contributed by atoms with Gasteiger partial charge in [0.15, 0.2) is 15.5 Å². The lowest BCUT2D eigenvalue weighted by Crippen LogP contribution is -2.45. The lowest BCUT2D eigenvalue weighted by atomic mass is 10.2. The molecule has 4 heterocycles. The quantitative estimate of drug-likeness (QED) is 0.419. The molecule has 11 heteroatoms. The van der Waals surface area contributed by atoms with Gasteiger partial charge in [-0.1, -0.05) is 30.8 Å². The number of aromatic nitrogens is 5. The van der Waals surface area contributed by atoms with Gasteiger partial charge in [-0.05, 0) is 25.1 Å². The average Bonchev–Trinajstić information content (AvgIpc) is 3.38. The van der Waals surface area contributed by atoms with Gasteiger partial charge < -0.3 is 14.4 Å². The molecule has 3 aromatic heterocycles. The number of thiazole rings is 1. The second-order valence-electron chi connectivity index (χ2n) is 8.67. The molecular formula is C22H27N7O2S2. The third-order valence-corrected chi connectivity index (χ3v) is 8.54. The summed E-state index contributed by atoms with van der Waals surface area (Å²) in [7, 11) is 3.76. The van der Waals surface area contributed by atoms with Gasteiger partial charge in [-0.25, -0.2) is 9.78 Å². The molecule has 5 rings (SSSR count). The Kier molecular flexibility index (Phi) is 6.02. The van der Waals surface area contributed by atoms with Crippen LogP contribution in [0.4, 0.5) is 5.95 Å². The summed E-state index contributed by atoms with van der Waals surface area (Å²) in [6.45, 7) is 6.34. The molecule has 0 aliphatic carbocycles. The predicted molar refractivity (Wildman–Crippen MR) is 135 cm³/mol. The first-order valence-corrected chi connectivity index (χ1v) is 12.8. The maximum Gasteiger partial charge on any atom is 0.329 e. The number of rotatable bonds is 6. The first kappa shape index (κ1) is 22.2. The lowest BCUT2D eigenvalue weighted by Gasteiger charge is -2.33. The zero-order valence-corrected chi connectivity index (χ0v) is 20.6. The van der Waals surface area contributed by atoms with E-state index in [4.69, 9.17) is 9.97 Å². The molecule has 4 aromatic rings. The molecule has 0 bridgehead atoms. The van der Waals surface area contributed by atoms with E-state index in [1.165, 1.54) is 9.27 Å². The van der Waals surface area contributed by atoms with Crippen molar-refractivity contribution in [1.82, 2.24) is 29.0 Å². The molecule has 174 valence electrons. The second-order valence-corrected chi connectivity index (χ2v) is 11.0. The number of hydrogen-bond donors (Lipinski definition) is 1. The predicted octanol–water partition coefficient (Wildman–Crippen LogP) is 2.21. The minimum Gasteiger partial charge on any atom is -0.340 e. The summed E-state index contributed by atoms with van der Waals surface area (Å²) in [5.41, 5.74) is 1.10. The van der Waals surface area contributed by atoms with Gasteiger partial charge in [-0.2, -0.15) is 4.98 Å². The highest BCUT2D eigenvalue weighted by Gasteiger charge is 2.25. The minimum absolute atomic E-state index is 0.266. The molecule has 0 radical (unpaired) electrons. The zero-order chi connectivity index (χ0) is 23.1. The number of H-pyrrole nitrogens is 1. The van der Waals surface area contributed by atoms with Crippen molar-refractivity contribution in [3.8, 4) is 0 Å². The van der Waals surface area contributed by atoms with Crippen LogP contribution in [0.1, 0.15) is 6.92 Å². The number of nitrogens with one attached hydrogen (secondary N) is 1. The highest BCUT2D eigenvalue weighted by Crippen LogP contribution is 2.31. The Morgan fingerprint density at radius 3 is 2.64 bits per heavy atom.